The second kappa shape index (κ2) is 8.95. The molecule has 0 radical (unpaired) electrons. The molecule has 1 aromatic rings. The van der Waals surface area contributed by atoms with Crippen molar-refractivity contribution in [3.05, 3.63) is 24.2 Å². The van der Waals surface area contributed by atoms with E-state index in [0.717, 1.165) is 19.1 Å². The number of hydrogen-bond donors (Lipinski definition) is 0. The summed E-state index contributed by atoms with van der Waals surface area (Å²) in [5, 5.41) is 0. The molecule has 0 bridgehead atoms. The molecule has 0 fully saturated rings. The second-order valence-electron chi connectivity index (χ2n) is 5.31. The average Bonchev–Trinajstić information content (AvgIpc) is 2.94. The van der Waals surface area contributed by atoms with Crippen LogP contribution in [0.2, 0.25) is 0 Å². The fourth-order valence-corrected chi connectivity index (χ4v) is 3.00. The summed E-state index contributed by atoms with van der Waals surface area (Å²) in [5.41, 5.74) is 0. The van der Waals surface area contributed by atoms with Crippen molar-refractivity contribution in [2.24, 2.45) is 0 Å². The van der Waals surface area contributed by atoms with Gasteiger partial charge in [0.2, 0.25) is 15.9 Å². The Balaban J connectivity index is 2.64. The SMILES string of the molecule is CCCN(CCC)C(=O)CCN(Cc1ccco1)S(C)(=O)=O. The zero-order chi connectivity index (χ0) is 16.6. The van der Waals surface area contributed by atoms with Crippen LogP contribution in [0, 0.1) is 0 Å². The summed E-state index contributed by atoms with van der Waals surface area (Å²) in [4.78, 5) is 14.0. The first-order valence-corrected chi connectivity index (χ1v) is 9.48. The van der Waals surface area contributed by atoms with Crippen molar-refractivity contribution in [3.8, 4) is 0 Å². The first-order chi connectivity index (χ1) is 10.4. The molecule has 126 valence electrons. The van der Waals surface area contributed by atoms with Gasteiger partial charge in [0.15, 0.2) is 0 Å². The molecule has 7 heteroatoms. The fraction of sp³-hybridized carbons (Fsp3) is 0.667. The second-order valence-corrected chi connectivity index (χ2v) is 7.29. The summed E-state index contributed by atoms with van der Waals surface area (Å²) >= 11 is 0. The van der Waals surface area contributed by atoms with Crippen molar-refractivity contribution in [3.63, 3.8) is 0 Å². The van der Waals surface area contributed by atoms with Crippen LogP contribution in [0.15, 0.2) is 22.8 Å². The van der Waals surface area contributed by atoms with Crippen LogP contribution in [-0.2, 0) is 21.4 Å². The Labute approximate surface area is 133 Å². The Morgan fingerprint density at radius 2 is 1.82 bits per heavy atom. The van der Waals surface area contributed by atoms with Crippen LogP contribution < -0.4 is 0 Å². The minimum atomic E-state index is -3.38. The summed E-state index contributed by atoms with van der Waals surface area (Å²) in [7, 11) is -3.38. The Morgan fingerprint density at radius 3 is 2.27 bits per heavy atom. The van der Waals surface area contributed by atoms with Crippen LogP contribution in [0.25, 0.3) is 0 Å². The third kappa shape index (κ3) is 6.19. The third-order valence-electron chi connectivity index (χ3n) is 3.30. The van der Waals surface area contributed by atoms with Gasteiger partial charge in [-0.2, -0.15) is 4.31 Å². The quantitative estimate of drug-likeness (QED) is 0.658. The van der Waals surface area contributed by atoms with Gasteiger partial charge in [-0.3, -0.25) is 4.79 Å². The number of nitrogens with zero attached hydrogens (tertiary/aromatic N) is 2. The lowest BCUT2D eigenvalue weighted by molar-refractivity contribution is -0.131. The molecule has 0 unspecified atom stereocenters. The Bertz CT molecular complexity index is 534. The summed E-state index contributed by atoms with van der Waals surface area (Å²) < 4.78 is 30.2. The van der Waals surface area contributed by atoms with Gasteiger partial charge < -0.3 is 9.32 Å². The maximum Gasteiger partial charge on any atom is 0.223 e. The Kier molecular flexibility index (Phi) is 7.61. The van der Waals surface area contributed by atoms with Gasteiger partial charge in [-0.25, -0.2) is 8.42 Å². The molecule has 0 aliphatic carbocycles. The maximum absolute atomic E-state index is 12.2. The van der Waals surface area contributed by atoms with Crippen molar-refractivity contribution >= 4 is 15.9 Å². The predicted octanol–water partition coefficient (Wildman–Crippen LogP) is 2.08. The molecule has 1 amide bonds. The van der Waals surface area contributed by atoms with Gasteiger partial charge in [0.05, 0.1) is 19.1 Å². The van der Waals surface area contributed by atoms with Gasteiger partial charge in [0.25, 0.3) is 0 Å². The van der Waals surface area contributed by atoms with Crippen molar-refractivity contribution in [2.75, 3.05) is 25.9 Å². The van der Waals surface area contributed by atoms with Gasteiger partial charge in [-0.1, -0.05) is 13.8 Å². The van der Waals surface area contributed by atoms with Crippen molar-refractivity contribution in [1.82, 2.24) is 9.21 Å². The number of sulfonamides is 1. The number of carbonyl (C=O) groups excluding carboxylic acids is 1. The van der Waals surface area contributed by atoms with E-state index in [9.17, 15) is 13.2 Å². The molecule has 0 saturated carbocycles. The van der Waals surface area contributed by atoms with Gasteiger partial charge >= 0.3 is 0 Å². The van der Waals surface area contributed by atoms with E-state index in [1.54, 1.807) is 17.0 Å². The standard InChI is InChI=1S/C15H26N2O4S/c1-4-9-16(10-5-2)15(18)8-11-17(22(3,19)20)13-14-7-6-12-21-14/h6-7,12H,4-5,8-11,13H2,1-3H3. The molecule has 6 nitrogen and oxygen atoms in total. The van der Waals surface area contributed by atoms with E-state index in [0.29, 0.717) is 18.8 Å². The summed E-state index contributed by atoms with van der Waals surface area (Å²) in [6.45, 7) is 5.79. The van der Waals surface area contributed by atoms with Crippen LogP contribution in [0.3, 0.4) is 0 Å². The number of furan rings is 1. The Hall–Kier alpha value is -1.34. The van der Waals surface area contributed by atoms with Crippen LogP contribution in [0.1, 0.15) is 38.9 Å². The van der Waals surface area contributed by atoms with Crippen molar-refractivity contribution < 1.29 is 17.6 Å². The minimum absolute atomic E-state index is 0.00297. The molecule has 1 aromatic heterocycles. The largest absolute Gasteiger partial charge is 0.468 e. The van der Waals surface area contributed by atoms with E-state index in [-0.39, 0.29) is 25.4 Å². The molecule has 0 spiro atoms. The molecule has 0 aliphatic heterocycles. The lowest BCUT2D eigenvalue weighted by atomic mass is 10.3. The minimum Gasteiger partial charge on any atom is -0.468 e. The predicted molar refractivity (Wildman–Crippen MR) is 85.7 cm³/mol. The molecule has 0 aliphatic rings. The molecule has 0 saturated heterocycles. The third-order valence-corrected chi connectivity index (χ3v) is 4.55. The maximum atomic E-state index is 12.2. The number of hydrogen-bond acceptors (Lipinski definition) is 4. The van der Waals surface area contributed by atoms with Crippen LogP contribution >= 0.6 is 0 Å². The van der Waals surface area contributed by atoms with Gasteiger partial charge in [-0.15, -0.1) is 0 Å². The number of carbonyl (C=O) groups is 1. The lowest BCUT2D eigenvalue weighted by Crippen LogP contribution is -2.37. The fourth-order valence-electron chi connectivity index (χ4n) is 2.22. The molecule has 0 N–H and O–H groups in total. The monoisotopic (exact) mass is 330 g/mol. The lowest BCUT2D eigenvalue weighted by Gasteiger charge is -2.24. The highest BCUT2D eigenvalue weighted by Crippen LogP contribution is 2.10. The molecular weight excluding hydrogens is 304 g/mol. The highest BCUT2D eigenvalue weighted by molar-refractivity contribution is 7.88. The van der Waals surface area contributed by atoms with Gasteiger partial charge in [0.1, 0.15) is 5.76 Å². The Morgan fingerprint density at radius 1 is 1.18 bits per heavy atom. The zero-order valence-electron chi connectivity index (χ0n) is 13.6. The molecule has 0 aromatic carbocycles. The molecule has 1 heterocycles. The van der Waals surface area contributed by atoms with E-state index in [1.807, 2.05) is 13.8 Å². The molecular formula is C15H26N2O4S. The zero-order valence-corrected chi connectivity index (χ0v) is 14.4. The van der Waals surface area contributed by atoms with Gasteiger partial charge in [-0.05, 0) is 25.0 Å². The summed E-state index contributed by atoms with van der Waals surface area (Å²) in [6.07, 6.45) is 4.64. The van der Waals surface area contributed by atoms with Crippen molar-refractivity contribution in [2.45, 2.75) is 39.7 Å². The first-order valence-electron chi connectivity index (χ1n) is 7.63. The molecule has 0 atom stereocenters. The van der Waals surface area contributed by atoms with E-state index >= 15 is 0 Å². The normalized spacial score (nSPS) is 11.8. The molecule has 22 heavy (non-hydrogen) atoms. The van der Waals surface area contributed by atoms with E-state index in [1.165, 1.54) is 10.6 Å². The van der Waals surface area contributed by atoms with Crippen LogP contribution in [0.5, 0.6) is 0 Å². The number of rotatable bonds is 10. The highest BCUT2D eigenvalue weighted by atomic mass is 32.2. The average molecular weight is 330 g/mol. The smallest absolute Gasteiger partial charge is 0.223 e. The van der Waals surface area contributed by atoms with Crippen LogP contribution in [0.4, 0.5) is 0 Å². The van der Waals surface area contributed by atoms with Crippen molar-refractivity contribution in [1.29, 1.82) is 0 Å². The molecule has 1 rings (SSSR count). The topological polar surface area (TPSA) is 70.8 Å². The van der Waals surface area contributed by atoms with E-state index in [4.69, 9.17) is 4.42 Å². The van der Waals surface area contributed by atoms with E-state index in [2.05, 4.69) is 0 Å². The highest BCUT2D eigenvalue weighted by Gasteiger charge is 2.21. The summed E-state index contributed by atoms with van der Waals surface area (Å²) in [6, 6.07) is 3.44. The number of amides is 1. The van der Waals surface area contributed by atoms with Crippen LogP contribution in [-0.4, -0.2) is 49.4 Å². The first kappa shape index (κ1) is 18.7. The van der Waals surface area contributed by atoms with E-state index < -0.39 is 10.0 Å². The van der Waals surface area contributed by atoms with Gasteiger partial charge in [0, 0.05) is 26.1 Å². The summed E-state index contributed by atoms with van der Waals surface area (Å²) in [5.74, 6) is 0.564.